The Morgan fingerprint density at radius 3 is 0.929 bits per heavy atom. The molecule has 0 saturated carbocycles. The number of benzene rings is 1. The van der Waals surface area contributed by atoms with E-state index in [9.17, 15) is 10.2 Å². The van der Waals surface area contributed by atoms with Crippen molar-refractivity contribution in [3.8, 4) is 0 Å². The van der Waals surface area contributed by atoms with Crippen molar-refractivity contribution in [1.82, 2.24) is 0 Å². The molecule has 2 N–H and O–H groups in total. The Balaban J connectivity index is 2.03. The monoisotopic (exact) mass is 574 g/mol. The molecule has 0 saturated heterocycles. The maximum absolute atomic E-state index is 11.3. The molecule has 42 heavy (non-hydrogen) atoms. The summed E-state index contributed by atoms with van der Waals surface area (Å²) in [5.74, 6) is 1.04. The average molecular weight is 575 g/mol. The summed E-state index contributed by atoms with van der Waals surface area (Å²) in [6, 6.07) is 0. The van der Waals surface area contributed by atoms with E-state index >= 15 is 0 Å². The minimum Gasteiger partial charge on any atom is -0.512 e. The van der Waals surface area contributed by atoms with E-state index in [2.05, 4.69) is 123 Å². The van der Waals surface area contributed by atoms with Crippen LogP contribution in [0.3, 0.4) is 0 Å². The molecule has 0 unspecified atom stereocenters. The lowest BCUT2D eigenvalue weighted by atomic mass is 9.49. The predicted octanol–water partition coefficient (Wildman–Crippen LogP) is 11.7. The Labute approximate surface area is 259 Å². The number of hydrogen-bond acceptors (Lipinski definition) is 2. The zero-order valence-corrected chi connectivity index (χ0v) is 30.0. The molecule has 0 fully saturated rings. The van der Waals surface area contributed by atoms with Crippen LogP contribution in [0.1, 0.15) is 129 Å². The van der Waals surface area contributed by atoms with Crippen LogP contribution in [-0.4, -0.2) is 10.2 Å². The fourth-order valence-electron chi connectivity index (χ4n) is 9.20. The van der Waals surface area contributed by atoms with Gasteiger partial charge in [0.1, 0.15) is 0 Å². The maximum Gasteiger partial charge on any atom is 0.0997 e. The van der Waals surface area contributed by atoms with Crippen LogP contribution >= 0.6 is 0 Å². The minimum absolute atomic E-state index is 0.0863. The lowest BCUT2D eigenvalue weighted by molar-refractivity contribution is -0.0326. The van der Waals surface area contributed by atoms with Gasteiger partial charge in [-0.15, -0.1) is 0 Å². The summed E-state index contributed by atoms with van der Waals surface area (Å²) < 4.78 is 0. The molecule has 0 aromatic heterocycles. The first kappa shape index (κ1) is 34.3. The van der Waals surface area contributed by atoms with Gasteiger partial charge in [0.15, 0.2) is 0 Å². The van der Waals surface area contributed by atoms with Gasteiger partial charge in [-0.05, 0) is 121 Å². The Kier molecular flexibility index (Phi) is 8.77. The molecule has 0 spiro atoms. The van der Waals surface area contributed by atoms with Crippen molar-refractivity contribution >= 4 is 0 Å². The zero-order valence-electron chi connectivity index (χ0n) is 30.0. The van der Waals surface area contributed by atoms with Crippen LogP contribution in [0.15, 0.2) is 47.0 Å². The zero-order chi connectivity index (χ0) is 32.4. The number of aliphatic hydroxyl groups excluding tert-OH is 2. The van der Waals surface area contributed by atoms with Crippen LogP contribution in [0.4, 0.5) is 0 Å². The summed E-state index contributed by atoms with van der Waals surface area (Å²) in [5.41, 5.74) is 10.2. The Hall–Kier alpha value is -2.22. The normalized spacial score (nSPS) is 19.6. The summed E-state index contributed by atoms with van der Waals surface area (Å²) in [5, 5.41) is 22.6. The van der Waals surface area contributed by atoms with Gasteiger partial charge < -0.3 is 10.2 Å². The maximum atomic E-state index is 11.3. The standard InChI is InChI=1S/C40H62O2/c1-25-26(2)32(22-30-18-20-34(42)40(24-30,37(11,12)13)38(14,15)16)28(4)27(3)31(25)21-29-17-19-33(41)39(23-29,35(5,6)7)36(8,9)10/h17-20,41-42H,21-24H2,1-16H3. The molecule has 234 valence electrons. The number of rotatable bonds is 4. The van der Waals surface area contributed by atoms with Crippen molar-refractivity contribution in [2.75, 3.05) is 0 Å². The number of hydrogen-bond donors (Lipinski definition) is 2. The summed E-state index contributed by atoms with van der Waals surface area (Å²) in [7, 11) is 0. The van der Waals surface area contributed by atoms with E-state index in [0.29, 0.717) is 11.5 Å². The first-order chi connectivity index (χ1) is 18.8. The Bertz CT molecular complexity index is 1180. The van der Waals surface area contributed by atoms with Crippen LogP contribution < -0.4 is 0 Å². The number of aliphatic hydroxyl groups is 2. The first-order valence-corrected chi connectivity index (χ1v) is 16.1. The highest BCUT2D eigenvalue weighted by atomic mass is 16.3. The second-order valence-electron chi connectivity index (χ2n) is 17.7. The quantitative estimate of drug-likeness (QED) is 0.375. The highest BCUT2D eigenvalue weighted by Crippen LogP contribution is 2.61. The van der Waals surface area contributed by atoms with Gasteiger partial charge in [-0.1, -0.05) is 106 Å². The Morgan fingerprint density at radius 1 is 0.476 bits per heavy atom. The van der Waals surface area contributed by atoms with Gasteiger partial charge in [-0.3, -0.25) is 0 Å². The van der Waals surface area contributed by atoms with Crippen molar-refractivity contribution in [2.45, 2.75) is 136 Å². The second-order valence-corrected chi connectivity index (χ2v) is 17.7. The molecule has 0 amide bonds. The first-order valence-electron chi connectivity index (χ1n) is 16.1. The molecule has 1 aromatic carbocycles. The van der Waals surface area contributed by atoms with Crippen LogP contribution in [-0.2, 0) is 12.8 Å². The second kappa shape index (κ2) is 10.7. The van der Waals surface area contributed by atoms with Gasteiger partial charge in [0.25, 0.3) is 0 Å². The van der Waals surface area contributed by atoms with E-state index in [4.69, 9.17) is 0 Å². The molecule has 2 heteroatoms. The smallest absolute Gasteiger partial charge is 0.0997 e. The molecule has 1 aromatic rings. The van der Waals surface area contributed by atoms with E-state index in [1.54, 1.807) is 0 Å². The molecule has 2 nitrogen and oxygen atoms in total. The summed E-state index contributed by atoms with van der Waals surface area (Å²) >= 11 is 0. The van der Waals surface area contributed by atoms with E-state index in [1.807, 2.05) is 12.2 Å². The van der Waals surface area contributed by atoms with E-state index in [1.165, 1.54) is 44.5 Å². The third-order valence-electron chi connectivity index (χ3n) is 11.7. The Morgan fingerprint density at radius 2 is 0.714 bits per heavy atom. The van der Waals surface area contributed by atoms with Crippen molar-refractivity contribution in [2.24, 2.45) is 32.5 Å². The summed E-state index contributed by atoms with van der Waals surface area (Å²) in [4.78, 5) is 0. The summed E-state index contributed by atoms with van der Waals surface area (Å²) in [6.07, 6.45) is 11.9. The molecule has 0 atom stereocenters. The van der Waals surface area contributed by atoms with Crippen LogP contribution in [0.2, 0.25) is 0 Å². The molecular weight excluding hydrogens is 512 g/mol. The van der Waals surface area contributed by atoms with Gasteiger partial charge in [0.05, 0.1) is 11.5 Å². The third-order valence-corrected chi connectivity index (χ3v) is 11.7. The molecule has 0 heterocycles. The molecule has 0 bridgehead atoms. The largest absolute Gasteiger partial charge is 0.512 e. The fourth-order valence-corrected chi connectivity index (χ4v) is 9.20. The lowest BCUT2D eigenvalue weighted by Crippen LogP contribution is -2.49. The van der Waals surface area contributed by atoms with Crippen LogP contribution in [0.5, 0.6) is 0 Å². The fraction of sp³-hybridized carbons (Fsp3) is 0.650. The molecule has 0 radical (unpaired) electrons. The van der Waals surface area contributed by atoms with Crippen molar-refractivity contribution < 1.29 is 10.2 Å². The molecule has 3 rings (SSSR count). The SMILES string of the molecule is Cc1c(C)c(CC2=CC=C(O)C(C(C)(C)C)(C(C)(C)C)C2)c(C)c(C)c1CC1=CC=C(O)C(C(C)(C)C)(C(C)(C)C)C1. The van der Waals surface area contributed by atoms with Gasteiger partial charge in [0.2, 0.25) is 0 Å². The van der Waals surface area contributed by atoms with Crippen molar-refractivity contribution in [3.63, 3.8) is 0 Å². The minimum atomic E-state index is -0.324. The molecule has 2 aliphatic carbocycles. The third kappa shape index (κ3) is 5.35. The highest BCUT2D eigenvalue weighted by Gasteiger charge is 2.55. The van der Waals surface area contributed by atoms with Crippen molar-refractivity contribution in [3.05, 3.63) is 80.3 Å². The van der Waals surface area contributed by atoms with Crippen LogP contribution in [0, 0.1) is 60.2 Å². The predicted molar refractivity (Wildman–Crippen MR) is 182 cm³/mol. The van der Waals surface area contributed by atoms with Gasteiger partial charge in [0, 0.05) is 10.8 Å². The average Bonchev–Trinajstić information content (AvgIpc) is 2.82. The van der Waals surface area contributed by atoms with Crippen molar-refractivity contribution in [1.29, 1.82) is 0 Å². The van der Waals surface area contributed by atoms with Gasteiger partial charge in [-0.2, -0.15) is 0 Å². The molecule has 0 aliphatic heterocycles. The highest BCUT2D eigenvalue weighted by molar-refractivity contribution is 5.53. The van der Waals surface area contributed by atoms with E-state index < -0.39 is 0 Å². The van der Waals surface area contributed by atoms with Gasteiger partial charge in [-0.25, -0.2) is 0 Å². The molecular formula is C40H62O2. The van der Waals surface area contributed by atoms with E-state index in [-0.39, 0.29) is 32.5 Å². The van der Waals surface area contributed by atoms with Gasteiger partial charge >= 0.3 is 0 Å². The lowest BCUT2D eigenvalue weighted by Gasteiger charge is -2.55. The van der Waals surface area contributed by atoms with Crippen LogP contribution in [0.25, 0.3) is 0 Å². The topological polar surface area (TPSA) is 40.5 Å². The van der Waals surface area contributed by atoms with E-state index in [0.717, 1.165) is 25.7 Å². The molecule has 2 aliphatic rings. The summed E-state index contributed by atoms with van der Waals surface area (Å²) in [6.45, 7) is 36.5. The number of allylic oxidation sites excluding steroid dienone is 8.